The number of benzene rings is 2. The first-order valence-corrected chi connectivity index (χ1v) is 13.6. The Morgan fingerprint density at radius 2 is 1.79 bits per heavy atom. The lowest BCUT2D eigenvalue weighted by Crippen LogP contribution is -2.51. The molecule has 1 aliphatic rings. The van der Waals surface area contributed by atoms with Gasteiger partial charge in [0.05, 0.1) is 16.6 Å². The summed E-state index contributed by atoms with van der Waals surface area (Å²) >= 11 is 6.29. The van der Waals surface area contributed by atoms with E-state index in [9.17, 15) is 9.59 Å². The predicted octanol–water partition coefficient (Wildman–Crippen LogP) is 5.13. The molecule has 7 nitrogen and oxygen atoms in total. The summed E-state index contributed by atoms with van der Waals surface area (Å²) in [7, 11) is 0. The van der Waals surface area contributed by atoms with E-state index in [4.69, 9.17) is 16.6 Å². The highest BCUT2D eigenvalue weighted by molar-refractivity contribution is 6.30. The summed E-state index contributed by atoms with van der Waals surface area (Å²) in [4.78, 5) is 41.1. The first-order chi connectivity index (χ1) is 18.5. The molecule has 1 amide bonds. The van der Waals surface area contributed by atoms with Crippen molar-refractivity contribution in [2.24, 2.45) is 5.92 Å². The fraction of sp³-hybridized carbons (Fsp3) is 0.333. The lowest BCUT2D eigenvalue weighted by Gasteiger charge is -2.37. The van der Waals surface area contributed by atoms with Gasteiger partial charge in [-0.15, -0.1) is 0 Å². The van der Waals surface area contributed by atoms with E-state index in [0.717, 1.165) is 38.2 Å². The van der Waals surface area contributed by atoms with E-state index in [1.807, 2.05) is 53.4 Å². The molecule has 38 heavy (non-hydrogen) atoms. The van der Waals surface area contributed by atoms with Crippen molar-refractivity contribution in [3.8, 4) is 5.69 Å². The fourth-order valence-electron chi connectivity index (χ4n) is 5.14. The molecule has 3 heterocycles. The maximum atomic E-state index is 13.9. The van der Waals surface area contributed by atoms with Gasteiger partial charge in [0.1, 0.15) is 11.6 Å². The second-order valence-electron chi connectivity index (χ2n) is 9.71. The third kappa shape index (κ3) is 5.58. The van der Waals surface area contributed by atoms with Gasteiger partial charge in [-0.25, -0.2) is 9.97 Å². The highest BCUT2D eigenvalue weighted by Crippen LogP contribution is 2.23. The third-order valence-electron chi connectivity index (χ3n) is 7.16. The number of carbonyl (C=O) groups excluding carboxylic acids is 1. The molecule has 1 aliphatic heterocycles. The van der Waals surface area contributed by atoms with Crippen LogP contribution in [0.3, 0.4) is 0 Å². The summed E-state index contributed by atoms with van der Waals surface area (Å²) in [6.45, 7) is 4.90. The number of aromatic nitrogens is 3. The van der Waals surface area contributed by atoms with Gasteiger partial charge in [0.15, 0.2) is 0 Å². The fourth-order valence-corrected chi connectivity index (χ4v) is 5.32. The number of amides is 1. The van der Waals surface area contributed by atoms with Crippen LogP contribution in [0, 0.1) is 5.92 Å². The molecule has 8 heteroatoms. The summed E-state index contributed by atoms with van der Waals surface area (Å²) in [5.74, 6) is 1.37. The topological polar surface area (TPSA) is 71.3 Å². The molecule has 4 aromatic rings. The quantitative estimate of drug-likeness (QED) is 0.316. The van der Waals surface area contributed by atoms with Crippen molar-refractivity contribution in [2.75, 3.05) is 31.1 Å². The standard InChI is InChI=1S/C30H32ClN5O2/c1-2-3-9-22(29(37)35-18-16-34(17-19-35)27-14-6-7-15-32-27)20-28-33-26-13-5-4-12-25(26)30(38)36(28)24-11-8-10-23(31)21-24/h4-8,10-15,21-22H,2-3,9,16-20H2,1H3. The van der Waals surface area contributed by atoms with Crippen LogP contribution < -0.4 is 10.5 Å². The van der Waals surface area contributed by atoms with Gasteiger partial charge in [0.25, 0.3) is 5.56 Å². The van der Waals surface area contributed by atoms with Crippen molar-refractivity contribution in [1.29, 1.82) is 0 Å². The molecule has 1 fully saturated rings. The highest BCUT2D eigenvalue weighted by Gasteiger charge is 2.29. The predicted molar refractivity (Wildman–Crippen MR) is 152 cm³/mol. The Bertz CT molecular complexity index is 1460. The molecular weight excluding hydrogens is 498 g/mol. The van der Waals surface area contributed by atoms with Gasteiger partial charge in [-0.3, -0.25) is 14.2 Å². The number of piperazine rings is 1. The average Bonchev–Trinajstić information content (AvgIpc) is 2.95. The largest absolute Gasteiger partial charge is 0.353 e. The molecule has 0 radical (unpaired) electrons. The number of unbranched alkanes of at least 4 members (excludes halogenated alkanes) is 1. The minimum atomic E-state index is -0.269. The van der Waals surface area contributed by atoms with Crippen LogP contribution in [0.5, 0.6) is 0 Å². The van der Waals surface area contributed by atoms with E-state index < -0.39 is 0 Å². The molecule has 196 valence electrons. The normalized spacial score (nSPS) is 14.6. The van der Waals surface area contributed by atoms with E-state index >= 15 is 0 Å². The first-order valence-electron chi connectivity index (χ1n) is 13.3. The van der Waals surface area contributed by atoms with E-state index in [1.165, 1.54) is 0 Å². The minimum absolute atomic E-state index is 0.124. The maximum Gasteiger partial charge on any atom is 0.265 e. The summed E-state index contributed by atoms with van der Waals surface area (Å²) in [6.07, 6.45) is 4.84. The van der Waals surface area contributed by atoms with Crippen LogP contribution in [-0.2, 0) is 11.2 Å². The van der Waals surface area contributed by atoms with E-state index in [0.29, 0.717) is 46.9 Å². The number of nitrogens with zero attached hydrogens (tertiary/aromatic N) is 5. The monoisotopic (exact) mass is 529 g/mol. The van der Waals surface area contributed by atoms with Crippen molar-refractivity contribution >= 4 is 34.2 Å². The number of rotatable bonds is 8. The van der Waals surface area contributed by atoms with Gasteiger partial charge in [0.2, 0.25) is 5.91 Å². The first kappa shape index (κ1) is 25.9. The lowest BCUT2D eigenvalue weighted by molar-refractivity contribution is -0.136. The molecule has 0 N–H and O–H groups in total. The molecule has 5 rings (SSSR count). The molecule has 0 spiro atoms. The molecular formula is C30H32ClN5O2. The molecule has 1 saturated heterocycles. The Hall–Kier alpha value is -3.71. The van der Waals surface area contributed by atoms with Crippen molar-refractivity contribution < 1.29 is 4.79 Å². The van der Waals surface area contributed by atoms with E-state index in [-0.39, 0.29) is 17.4 Å². The van der Waals surface area contributed by atoms with Crippen molar-refractivity contribution in [3.63, 3.8) is 0 Å². The van der Waals surface area contributed by atoms with Crippen LogP contribution in [0.25, 0.3) is 16.6 Å². The van der Waals surface area contributed by atoms with Crippen molar-refractivity contribution in [1.82, 2.24) is 19.4 Å². The van der Waals surface area contributed by atoms with Crippen molar-refractivity contribution in [2.45, 2.75) is 32.6 Å². The zero-order valence-electron chi connectivity index (χ0n) is 21.6. The molecule has 0 saturated carbocycles. The Balaban J connectivity index is 1.45. The van der Waals surface area contributed by atoms with Crippen LogP contribution in [0.2, 0.25) is 5.02 Å². The number of para-hydroxylation sites is 1. The molecule has 0 bridgehead atoms. The van der Waals surface area contributed by atoms with Crippen LogP contribution >= 0.6 is 11.6 Å². The van der Waals surface area contributed by atoms with Gasteiger partial charge in [0, 0.05) is 49.7 Å². The third-order valence-corrected chi connectivity index (χ3v) is 7.40. The maximum absolute atomic E-state index is 13.9. The number of fused-ring (bicyclic) bond motifs is 1. The minimum Gasteiger partial charge on any atom is -0.353 e. The Labute approximate surface area is 227 Å². The average molecular weight is 530 g/mol. The zero-order chi connectivity index (χ0) is 26.5. The Kier molecular flexibility index (Phi) is 8.03. The smallest absolute Gasteiger partial charge is 0.265 e. The number of halogens is 1. The van der Waals surface area contributed by atoms with Crippen LogP contribution in [0.4, 0.5) is 5.82 Å². The number of carbonyl (C=O) groups is 1. The van der Waals surface area contributed by atoms with Gasteiger partial charge < -0.3 is 9.80 Å². The van der Waals surface area contributed by atoms with E-state index in [2.05, 4.69) is 16.8 Å². The van der Waals surface area contributed by atoms with Gasteiger partial charge in [-0.1, -0.05) is 55.6 Å². The summed E-state index contributed by atoms with van der Waals surface area (Å²) < 4.78 is 1.62. The molecule has 1 atom stereocenters. The Morgan fingerprint density at radius 3 is 2.53 bits per heavy atom. The van der Waals surface area contributed by atoms with Gasteiger partial charge in [-0.05, 0) is 48.9 Å². The van der Waals surface area contributed by atoms with Crippen LogP contribution in [0.15, 0.2) is 77.7 Å². The zero-order valence-corrected chi connectivity index (χ0v) is 22.3. The van der Waals surface area contributed by atoms with E-state index in [1.54, 1.807) is 29.0 Å². The molecule has 2 aromatic heterocycles. The summed E-state index contributed by atoms with van der Waals surface area (Å²) in [5, 5.41) is 1.08. The molecule has 0 aliphatic carbocycles. The number of hydrogen-bond acceptors (Lipinski definition) is 5. The SMILES string of the molecule is CCCCC(Cc1nc2ccccc2c(=O)n1-c1cccc(Cl)c1)C(=O)N1CCN(c2ccccn2)CC1. The van der Waals surface area contributed by atoms with Gasteiger partial charge >= 0.3 is 0 Å². The highest BCUT2D eigenvalue weighted by atomic mass is 35.5. The van der Waals surface area contributed by atoms with Gasteiger partial charge in [-0.2, -0.15) is 0 Å². The van der Waals surface area contributed by atoms with Crippen LogP contribution in [0.1, 0.15) is 32.0 Å². The summed E-state index contributed by atoms with van der Waals surface area (Å²) in [5.41, 5.74) is 1.14. The number of anilines is 1. The number of hydrogen-bond donors (Lipinski definition) is 0. The number of pyridine rings is 1. The second-order valence-corrected chi connectivity index (χ2v) is 10.1. The Morgan fingerprint density at radius 1 is 1.00 bits per heavy atom. The van der Waals surface area contributed by atoms with Crippen LogP contribution in [-0.4, -0.2) is 51.5 Å². The lowest BCUT2D eigenvalue weighted by atomic mass is 9.95. The van der Waals surface area contributed by atoms with Crippen molar-refractivity contribution in [3.05, 3.63) is 94.1 Å². The summed E-state index contributed by atoms with van der Waals surface area (Å²) in [6, 6.07) is 20.5. The molecule has 2 aromatic carbocycles. The second kappa shape index (κ2) is 11.8. The molecule has 1 unspecified atom stereocenters.